The van der Waals surface area contributed by atoms with Crippen molar-refractivity contribution in [2.45, 2.75) is 19.4 Å². The van der Waals surface area contributed by atoms with E-state index >= 15 is 0 Å². The summed E-state index contributed by atoms with van der Waals surface area (Å²) in [5.74, 6) is 1.15. The van der Waals surface area contributed by atoms with Crippen LogP contribution in [0.1, 0.15) is 13.3 Å². The fraction of sp³-hybridized carbons (Fsp3) is 0.500. The Hall–Kier alpha value is -1.01. The van der Waals surface area contributed by atoms with Crippen molar-refractivity contribution in [2.75, 3.05) is 17.3 Å². The summed E-state index contributed by atoms with van der Waals surface area (Å²) in [5, 5.41) is 14.2. The van der Waals surface area contributed by atoms with Gasteiger partial charge in [0, 0.05) is 24.1 Å². The van der Waals surface area contributed by atoms with Gasteiger partial charge in [0.05, 0.1) is 9.95 Å². The van der Waals surface area contributed by atoms with Crippen LogP contribution < -0.4 is 5.32 Å². The zero-order valence-corrected chi connectivity index (χ0v) is 11.2. The van der Waals surface area contributed by atoms with E-state index in [1.807, 2.05) is 13.2 Å². The largest absolute Gasteiger partial charge is 0.361 e. The average Bonchev–Trinajstić information content (AvgIpc) is 2.30. The van der Waals surface area contributed by atoms with E-state index in [9.17, 15) is 10.1 Å². The van der Waals surface area contributed by atoms with Crippen molar-refractivity contribution < 1.29 is 4.92 Å². The molecule has 0 aliphatic heterocycles. The highest BCUT2D eigenvalue weighted by Gasteiger charge is 2.18. The molecule has 7 heteroatoms. The number of thioether (sulfide) groups is 1. The molecule has 1 heterocycles. The number of rotatable bonds is 6. The minimum atomic E-state index is -0.479. The Balaban J connectivity index is 2.92. The molecule has 1 rings (SSSR count). The van der Waals surface area contributed by atoms with Gasteiger partial charge < -0.3 is 5.32 Å². The number of hydrogen-bond acceptors (Lipinski definition) is 5. The highest BCUT2D eigenvalue weighted by Crippen LogP contribution is 2.26. The van der Waals surface area contributed by atoms with Gasteiger partial charge in [0.2, 0.25) is 5.82 Å². The first-order valence-electron chi connectivity index (χ1n) is 5.13. The monoisotopic (exact) mass is 275 g/mol. The Morgan fingerprint density at radius 2 is 2.41 bits per heavy atom. The van der Waals surface area contributed by atoms with Gasteiger partial charge in [-0.15, -0.1) is 0 Å². The standard InChI is InChI=1S/C10H14ClN3O2S/c1-3-8(6-17-2)13-10-9(14(15)16)4-7(11)5-12-10/h4-5,8H,3,6H2,1-2H3,(H,12,13). The SMILES string of the molecule is CCC(CSC)Nc1ncc(Cl)cc1[N+](=O)[O-]. The molecule has 1 atom stereocenters. The predicted molar refractivity (Wildman–Crippen MR) is 72.0 cm³/mol. The summed E-state index contributed by atoms with van der Waals surface area (Å²) in [6.45, 7) is 2.02. The van der Waals surface area contributed by atoms with Crippen LogP contribution in [-0.2, 0) is 0 Å². The fourth-order valence-electron chi connectivity index (χ4n) is 1.34. The van der Waals surface area contributed by atoms with E-state index in [4.69, 9.17) is 11.6 Å². The number of nitrogens with zero attached hydrogens (tertiary/aromatic N) is 2. The lowest BCUT2D eigenvalue weighted by molar-refractivity contribution is -0.384. The Bertz CT molecular complexity index is 403. The molecular weight excluding hydrogens is 262 g/mol. The summed E-state index contributed by atoms with van der Waals surface area (Å²) >= 11 is 7.38. The predicted octanol–water partition coefficient (Wildman–Crippen LogP) is 3.20. The number of nitro groups is 1. The second-order valence-corrected chi connectivity index (χ2v) is 4.83. The molecule has 0 fully saturated rings. The summed E-state index contributed by atoms with van der Waals surface area (Å²) in [6, 6.07) is 1.47. The molecule has 0 aliphatic carbocycles. The maximum absolute atomic E-state index is 10.9. The Morgan fingerprint density at radius 3 is 2.94 bits per heavy atom. The molecule has 17 heavy (non-hydrogen) atoms. The van der Waals surface area contributed by atoms with Crippen molar-refractivity contribution >= 4 is 34.9 Å². The van der Waals surface area contributed by atoms with E-state index in [-0.39, 0.29) is 22.6 Å². The van der Waals surface area contributed by atoms with Gasteiger partial charge in [0.15, 0.2) is 0 Å². The van der Waals surface area contributed by atoms with Gasteiger partial charge in [-0.1, -0.05) is 18.5 Å². The summed E-state index contributed by atoms with van der Waals surface area (Å²) in [7, 11) is 0. The van der Waals surface area contributed by atoms with Crippen molar-refractivity contribution in [3.05, 3.63) is 27.4 Å². The van der Waals surface area contributed by atoms with Crippen LogP contribution in [0.25, 0.3) is 0 Å². The number of hydrogen-bond donors (Lipinski definition) is 1. The quantitative estimate of drug-likeness (QED) is 0.638. The fourth-order valence-corrected chi connectivity index (χ4v) is 2.21. The lowest BCUT2D eigenvalue weighted by Gasteiger charge is -2.16. The maximum Gasteiger partial charge on any atom is 0.312 e. The second-order valence-electron chi connectivity index (χ2n) is 3.48. The lowest BCUT2D eigenvalue weighted by Crippen LogP contribution is -2.22. The topological polar surface area (TPSA) is 68.1 Å². The number of anilines is 1. The van der Waals surface area contributed by atoms with Gasteiger partial charge in [-0.3, -0.25) is 10.1 Å². The summed E-state index contributed by atoms with van der Waals surface area (Å²) in [4.78, 5) is 14.4. The van der Waals surface area contributed by atoms with Crippen LogP contribution in [0.3, 0.4) is 0 Å². The van der Waals surface area contributed by atoms with Gasteiger partial charge in [-0.2, -0.15) is 11.8 Å². The molecule has 0 aliphatic rings. The maximum atomic E-state index is 10.9. The molecule has 0 radical (unpaired) electrons. The zero-order valence-electron chi connectivity index (χ0n) is 9.64. The molecule has 1 N–H and O–H groups in total. The highest BCUT2D eigenvalue weighted by molar-refractivity contribution is 7.98. The highest BCUT2D eigenvalue weighted by atomic mass is 35.5. The molecule has 0 spiro atoms. The third-order valence-corrected chi connectivity index (χ3v) is 3.17. The number of pyridine rings is 1. The average molecular weight is 276 g/mol. The molecule has 0 saturated carbocycles. The zero-order chi connectivity index (χ0) is 12.8. The van der Waals surface area contributed by atoms with Gasteiger partial charge >= 0.3 is 5.69 Å². The Labute approximate surface area is 109 Å². The lowest BCUT2D eigenvalue weighted by atomic mass is 10.2. The van der Waals surface area contributed by atoms with Crippen molar-refractivity contribution in [2.24, 2.45) is 0 Å². The van der Waals surface area contributed by atoms with E-state index < -0.39 is 4.92 Å². The van der Waals surface area contributed by atoms with E-state index in [0.29, 0.717) is 0 Å². The third kappa shape index (κ3) is 4.05. The van der Waals surface area contributed by atoms with Crippen LogP contribution in [0.15, 0.2) is 12.3 Å². The summed E-state index contributed by atoms with van der Waals surface area (Å²) in [5.41, 5.74) is -0.0861. The second kappa shape index (κ2) is 6.66. The van der Waals surface area contributed by atoms with Crippen LogP contribution in [0, 0.1) is 10.1 Å². The molecule has 1 unspecified atom stereocenters. The van der Waals surface area contributed by atoms with E-state index in [0.717, 1.165) is 12.2 Å². The van der Waals surface area contributed by atoms with E-state index in [1.165, 1.54) is 12.3 Å². The van der Waals surface area contributed by atoms with Crippen LogP contribution in [-0.4, -0.2) is 28.0 Å². The van der Waals surface area contributed by atoms with Gasteiger partial charge in [-0.25, -0.2) is 4.98 Å². The number of aromatic nitrogens is 1. The summed E-state index contributed by atoms with van der Waals surface area (Å²) in [6.07, 6.45) is 4.28. The van der Waals surface area contributed by atoms with Gasteiger partial charge in [0.25, 0.3) is 0 Å². The first kappa shape index (κ1) is 14.1. The van der Waals surface area contributed by atoms with Crippen LogP contribution in [0.5, 0.6) is 0 Å². The van der Waals surface area contributed by atoms with Gasteiger partial charge in [0.1, 0.15) is 0 Å². The smallest absolute Gasteiger partial charge is 0.312 e. The molecule has 0 saturated heterocycles. The van der Waals surface area contributed by atoms with Crippen LogP contribution in [0.4, 0.5) is 11.5 Å². The van der Waals surface area contributed by atoms with Crippen LogP contribution >= 0.6 is 23.4 Å². The molecule has 1 aromatic rings. The first-order chi connectivity index (χ1) is 8.08. The van der Waals surface area contributed by atoms with Crippen LogP contribution in [0.2, 0.25) is 5.02 Å². The van der Waals surface area contributed by atoms with Crippen molar-refractivity contribution in [1.29, 1.82) is 0 Å². The normalized spacial score (nSPS) is 12.2. The van der Waals surface area contributed by atoms with E-state index in [2.05, 4.69) is 10.3 Å². The van der Waals surface area contributed by atoms with Gasteiger partial charge in [-0.05, 0) is 12.7 Å². The van der Waals surface area contributed by atoms with E-state index in [1.54, 1.807) is 11.8 Å². The van der Waals surface area contributed by atoms with Crippen molar-refractivity contribution in [3.8, 4) is 0 Å². The van der Waals surface area contributed by atoms with Crippen molar-refractivity contribution in [3.63, 3.8) is 0 Å². The number of nitrogens with one attached hydrogen (secondary N) is 1. The van der Waals surface area contributed by atoms with Crippen molar-refractivity contribution in [1.82, 2.24) is 4.98 Å². The summed E-state index contributed by atoms with van der Waals surface area (Å²) < 4.78 is 0. The molecule has 5 nitrogen and oxygen atoms in total. The molecule has 0 bridgehead atoms. The Kier molecular flexibility index (Phi) is 5.50. The minimum absolute atomic E-state index is 0.0861. The molecule has 1 aromatic heterocycles. The Morgan fingerprint density at radius 1 is 1.71 bits per heavy atom. The molecule has 0 amide bonds. The minimum Gasteiger partial charge on any atom is -0.361 e. The first-order valence-corrected chi connectivity index (χ1v) is 6.91. The molecule has 0 aromatic carbocycles. The molecular formula is C10H14ClN3O2S. The number of halogens is 1. The third-order valence-electron chi connectivity index (χ3n) is 2.23. The molecule has 94 valence electrons.